The van der Waals surface area contributed by atoms with Gasteiger partial charge in [-0.2, -0.15) is 0 Å². The van der Waals surface area contributed by atoms with Crippen LogP contribution in [-0.4, -0.2) is 25.5 Å². The monoisotopic (exact) mass is 418 g/mol. The van der Waals surface area contributed by atoms with Crippen molar-refractivity contribution in [1.29, 1.82) is 0 Å². The molecular weight excluding hydrogens is 392 g/mol. The number of ether oxygens (including phenoxy) is 2. The van der Waals surface area contributed by atoms with Gasteiger partial charge < -0.3 is 20.1 Å². The maximum atomic E-state index is 12.8. The Morgan fingerprint density at radius 3 is 2.23 bits per heavy atom. The lowest BCUT2D eigenvalue weighted by Crippen LogP contribution is -2.31. The summed E-state index contributed by atoms with van der Waals surface area (Å²) in [6.07, 6.45) is 0.0815. The van der Waals surface area contributed by atoms with E-state index in [1.165, 1.54) is 0 Å². The molecule has 2 N–H and O–H groups in total. The van der Waals surface area contributed by atoms with Gasteiger partial charge in [-0.3, -0.25) is 9.59 Å². The van der Waals surface area contributed by atoms with Gasteiger partial charge in [0, 0.05) is 17.3 Å². The summed E-state index contributed by atoms with van der Waals surface area (Å²) in [6.45, 7) is 2.41. The van der Waals surface area contributed by atoms with Crippen molar-refractivity contribution < 1.29 is 19.1 Å². The smallest absolute Gasteiger partial charge is 0.251 e. The van der Waals surface area contributed by atoms with Crippen molar-refractivity contribution in [2.45, 2.75) is 19.4 Å². The lowest BCUT2D eigenvalue weighted by Gasteiger charge is -2.19. The van der Waals surface area contributed by atoms with Gasteiger partial charge >= 0.3 is 0 Å². The van der Waals surface area contributed by atoms with Gasteiger partial charge in [0.05, 0.1) is 26.2 Å². The zero-order chi connectivity index (χ0) is 22.1. The first-order valence-corrected chi connectivity index (χ1v) is 10.1. The number of amides is 2. The molecule has 0 heterocycles. The van der Waals surface area contributed by atoms with E-state index >= 15 is 0 Å². The molecule has 3 rings (SSSR count). The van der Waals surface area contributed by atoms with Crippen LogP contribution < -0.4 is 20.1 Å². The molecule has 6 heteroatoms. The summed E-state index contributed by atoms with van der Waals surface area (Å²) in [7, 11) is 1.55. The van der Waals surface area contributed by atoms with Crippen LogP contribution in [0.1, 0.15) is 35.3 Å². The second-order valence-corrected chi connectivity index (χ2v) is 6.85. The Balaban J connectivity index is 1.73. The lowest BCUT2D eigenvalue weighted by atomic mass is 10.0. The van der Waals surface area contributed by atoms with E-state index in [1.807, 2.05) is 43.3 Å². The van der Waals surface area contributed by atoms with Crippen molar-refractivity contribution >= 4 is 17.5 Å². The fourth-order valence-corrected chi connectivity index (χ4v) is 3.19. The highest BCUT2D eigenvalue weighted by molar-refractivity contribution is 5.96. The van der Waals surface area contributed by atoms with Crippen LogP contribution in [-0.2, 0) is 4.79 Å². The minimum Gasteiger partial charge on any atom is -0.493 e. The van der Waals surface area contributed by atoms with Crippen molar-refractivity contribution in [3.8, 4) is 11.5 Å². The third kappa shape index (κ3) is 6.09. The lowest BCUT2D eigenvalue weighted by molar-refractivity contribution is -0.116. The molecule has 0 bridgehead atoms. The molecule has 0 saturated carbocycles. The number of nitrogens with one attached hydrogen (secondary N) is 2. The van der Waals surface area contributed by atoms with E-state index in [1.54, 1.807) is 49.6 Å². The molecule has 3 aromatic rings. The van der Waals surface area contributed by atoms with Crippen molar-refractivity contribution in [2.75, 3.05) is 19.0 Å². The first kappa shape index (κ1) is 21.9. The molecule has 6 nitrogen and oxygen atoms in total. The summed E-state index contributed by atoms with van der Waals surface area (Å²) in [5.74, 6) is 0.690. The van der Waals surface area contributed by atoms with Crippen LogP contribution >= 0.6 is 0 Å². The van der Waals surface area contributed by atoms with Crippen LogP contribution in [0.5, 0.6) is 11.5 Å². The van der Waals surface area contributed by atoms with Crippen LogP contribution in [0, 0.1) is 0 Å². The molecule has 0 spiro atoms. The zero-order valence-electron chi connectivity index (χ0n) is 17.6. The van der Waals surface area contributed by atoms with E-state index in [9.17, 15) is 9.59 Å². The van der Waals surface area contributed by atoms with Gasteiger partial charge in [-0.05, 0) is 36.8 Å². The molecule has 0 aliphatic heterocycles. The fourth-order valence-electron chi connectivity index (χ4n) is 3.19. The van der Waals surface area contributed by atoms with E-state index in [4.69, 9.17) is 9.47 Å². The first-order valence-electron chi connectivity index (χ1n) is 10.1. The van der Waals surface area contributed by atoms with Crippen LogP contribution in [0.2, 0.25) is 0 Å². The molecule has 31 heavy (non-hydrogen) atoms. The van der Waals surface area contributed by atoms with Crippen molar-refractivity contribution in [3.05, 3.63) is 90.0 Å². The molecule has 0 unspecified atom stereocenters. The molecule has 2 amide bonds. The summed E-state index contributed by atoms with van der Waals surface area (Å²) < 4.78 is 10.8. The van der Waals surface area contributed by atoms with Crippen molar-refractivity contribution in [3.63, 3.8) is 0 Å². The SMILES string of the molecule is CCOc1ccc(NC(=O)C[C@H](NC(=O)c2ccccc2)c2ccccc2)cc1OC. The predicted octanol–water partition coefficient (Wildman–Crippen LogP) is 4.59. The van der Waals surface area contributed by atoms with E-state index in [2.05, 4.69) is 10.6 Å². The summed E-state index contributed by atoms with van der Waals surface area (Å²) in [5.41, 5.74) is 1.98. The van der Waals surface area contributed by atoms with Gasteiger partial charge in [-0.15, -0.1) is 0 Å². The van der Waals surface area contributed by atoms with Crippen LogP contribution in [0.25, 0.3) is 0 Å². The van der Waals surface area contributed by atoms with Crippen LogP contribution in [0.15, 0.2) is 78.9 Å². The highest BCUT2D eigenvalue weighted by Crippen LogP contribution is 2.30. The summed E-state index contributed by atoms with van der Waals surface area (Å²) in [5, 5.41) is 5.84. The number of carbonyl (C=O) groups is 2. The summed E-state index contributed by atoms with van der Waals surface area (Å²) >= 11 is 0. The Kier molecular flexibility index (Phi) is 7.65. The number of methoxy groups -OCH3 is 1. The minimum absolute atomic E-state index is 0.0815. The Hall–Kier alpha value is -3.80. The van der Waals surface area contributed by atoms with Crippen LogP contribution in [0.3, 0.4) is 0 Å². The summed E-state index contributed by atoms with van der Waals surface area (Å²) in [4.78, 5) is 25.5. The second-order valence-electron chi connectivity index (χ2n) is 6.85. The molecular formula is C25H26N2O4. The third-order valence-electron chi connectivity index (χ3n) is 4.68. The zero-order valence-corrected chi connectivity index (χ0v) is 17.6. The maximum Gasteiger partial charge on any atom is 0.251 e. The van der Waals surface area contributed by atoms with Crippen LogP contribution in [0.4, 0.5) is 5.69 Å². The van der Waals surface area contributed by atoms with Crippen molar-refractivity contribution in [1.82, 2.24) is 5.32 Å². The highest BCUT2D eigenvalue weighted by atomic mass is 16.5. The number of hydrogen-bond acceptors (Lipinski definition) is 4. The molecule has 0 aromatic heterocycles. The topological polar surface area (TPSA) is 76.7 Å². The number of hydrogen-bond donors (Lipinski definition) is 2. The van der Waals surface area contributed by atoms with Gasteiger partial charge in [0.1, 0.15) is 0 Å². The molecule has 1 atom stereocenters. The second kappa shape index (κ2) is 10.8. The molecule has 0 saturated heterocycles. The van der Waals surface area contributed by atoms with Gasteiger partial charge in [0.25, 0.3) is 5.91 Å². The number of anilines is 1. The standard InChI is InChI=1S/C25H26N2O4/c1-3-31-22-15-14-20(16-23(22)30-2)26-24(28)17-21(18-10-6-4-7-11-18)27-25(29)19-12-8-5-9-13-19/h4-16,21H,3,17H2,1-2H3,(H,26,28)(H,27,29)/t21-/m0/s1. The largest absolute Gasteiger partial charge is 0.493 e. The minimum atomic E-state index is -0.474. The number of benzene rings is 3. The molecule has 3 aromatic carbocycles. The number of rotatable bonds is 9. The Bertz CT molecular complexity index is 1010. The molecule has 160 valence electrons. The van der Waals surface area contributed by atoms with Gasteiger partial charge in [0.2, 0.25) is 5.91 Å². The van der Waals surface area contributed by atoms with E-state index < -0.39 is 6.04 Å². The average Bonchev–Trinajstić information content (AvgIpc) is 2.80. The first-order chi connectivity index (χ1) is 15.1. The normalized spacial score (nSPS) is 11.3. The molecule has 0 aliphatic rings. The predicted molar refractivity (Wildman–Crippen MR) is 121 cm³/mol. The Labute approximate surface area is 182 Å². The highest BCUT2D eigenvalue weighted by Gasteiger charge is 2.19. The van der Waals surface area contributed by atoms with E-state index in [0.29, 0.717) is 29.4 Å². The number of carbonyl (C=O) groups excluding carboxylic acids is 2. The van der Waals surface area contributed by atoms with Gasteiger partial charge in [0.15, 0.2) is 11.5 Å². The Morgan fingerprint density at radius 2 is 1.58 bits per heavy atom. The molecule has 0 fully saturated rings. The fraction of sp³-hybridized carbons (Fsp3) is 0.200. The van der Waals surface area contributed by atoms with Gasteiger partial charge in [-0.25, -0.2) is 0 Å². The molecule has 0 aliphatic carbocycles. The van der Waals surface area contributed by atoms with Gasteiger partial charge in [-0.1, -0.05) is 48.5 Å². The van der Waals surface area contributed by atoms with Crippen molar-refractivity contribution in [2.24, 2.45) is 0 Å². The quantitative estimate of drug-likeness (QED) is 0.533. The average molecular weight is 418 g/mol. The maximum absolute atomic E-state index is 12.8. The van der Waals surface area contributed by atoms with E-state index in [-0.39, 0.29) is 18.2 Å². The van der Waals surface area contributed by atoms with E-state index in [0.717, 1.165) is 5.56 Å². The Morgan fingerprint density at radius 1 is 0.903 bits per heavy atom. The summed E-state index contributed by atoms with van der Waals surface area (Å²) in [6, 6.07) is 23.1. The third-order valence-corrected chi connectivity index (χ3v) is 4.68. The molecule has 0 radical (unpaired) electrons.